The van der Waals surface area contributed by atoms with Gasteiger partial charge in [-0.05, 0) is 33.4 Å². The molecule has 0 aromatic heterocycles. The van der Waals surface area contributed by atoms with Gasteiger partial charge in [-0.3, -0.25) is 4.79 Å². The molecule has 0 radical (unpaired) electrons. The summed E-state index contributed by atoms with van der Waals surface area (Å²) in [6.45, 7) is 8.49. The summed E-state index contributed by atoms with van der Waals surface area (Å²) in [5, 5.41) is 2.92. The fraction of sp³-hybridized carbons (Fsp3) is 0.818. The van der Waals surface area contributed by atoms with Crippen LogP contribution in [0.4, 0.5) is 0 Å². The van der Waals surface area contributed by atoms with Gasteiger partial charge in [0.1, 0.15) is 0 Å². The number of rotatable bonds is 6. The first kappa shape index (κ1) is 15.7. The van der Waals surface area contributed by atoms with Crippen LogP contribution in [-0.4, -0.2) is 28.4 Å². The van der Waals surface area contributed by atoms with Crippen molar-refractivity contribution >= 4 is 34.9 Å². The highest BCUT2D eigenvalue weighted by Gasteiger charge is 2.35. The molecule has 0 fully saturated rings. The molecule has 0 rings (SSSR count). The van der Waals surface area contributed by atoms with E-state index in [0.717, 1.165) is 0 Å². The van der Waals surface area contributed by atoms with Gasteiger partial charge >= 0.3 is 0 Å². The normalized spacial score (nSPS) is 15.3. The quantitative estimate of drug-likeness (QED) is 0.718. The van der Waals surface area contributed by atoms with Crippen LogP contribution in [0.2, 0.25) is 0 Å². The van der Waals surface area contributed by atoms with Gasteiger partial charge in [0.25, 0.3) is 0 Å². The number of nitrogens with two attached hydrogens (primary N) is 1. The van der Waals surface area contributed by atoms with Gasteiger partial charge in [-0.2, -0.15) is 11.8 Å². The summed E-state index contributed by atoms with van der Waals surface area (Å²) in [5.74, 6) is -0.0791. The zero-order valence-electron chi connectivity index (χ0n) is 10.7. The minimum atomic E-state index is -0.732. The number of carbonyl (C=O) groups is 1. The Balaban J connectivity index is 4.52. The molecule has 0 saturated heterocycles. The summed E-state index contributed by atoms with van der Waals surface area (Å²) in [4.78, 5) is 12.3. The van der Waals surface area contributed by atoms with Crippen LogP contribution in [0.1, 0.15) is 34.1 Å². The lowest BCUT2D eigenvalue weighted by Gasteiger charge is -2.29. The molecule has 0 aromatic rings. The van der Waals surface area contributed by atoms with Crippen molar-refractivity contribution in [1.82, 2.24) is 5.32 Å². The van der Waals surface area contributed by atoms with E-state index in [1.165, 1.54) is 0 Å². The van der Waals surface area contributed by atoms with E-state index in [0.29, 0.717) is 13.0 Å². The summed E-state index contributed by atoms with van der Waals surface area (Å²) < 4.78 is 0.0283. The number of carbonyl (C=O) groups excluding carboxylic acids is 1. The van der Waals surface area contributed by atoms with E-state index in [4.69, 9.17) is 18.0 Å². The Morgan fingerprint density at radius 2 is 1.94 bits per heavy atom. The van der Waals surface area contributed by atoms with Gasteiger partial charge in [-0.25, -0.2) is 0 Å². The van der Waals surface area contributed by atoms with E-state index in [1.54, 1.807) is 18.7 Å². The predicted octanol–water partition coefficient (Wildman–Crippen LogP) is 1.95. The van der Waals surface area contributed by atoms with Crippen LogP contribution < -0.4 is 11.1 Å². The second-order valence-corrected chi connectivity index (χ2v) is 6.65. The molecular weight excluding hydrogens is 240 g/mol. The second kappa shape index (κ2) is 5.87. The Hall–Kier alpha value is -0.290. The fourth-order valence-electron chi connectivity index (χ4n) is 1.01. The van der Waals surface area contributed by atoms with Gasteiger partial charge in [0.15, 0.2) is 0 Å². The van der Waals surface area contributed by atoms with Crippen LogP contribution in [0.15, 0.2) is 0 Å². The lowest BCUT2D eigenvalue weighted by Crippen LogP contribution is -2.49. The molecule has 94 valence electrons. The van der Waals surface area contributed by atoms with Crippen LogP contribution >= 0.6 is 24.0 Å². The number of hydrogen-bond donors (Lipinski definition) is 2. The van der Waals surface area contributed by atoms with Crippen molar-refractivity contribution in [3.63, 3.8) is 0 Å². The number of amides is 1. The third kappa shape index (κ3) is 3.94. The molecule has 3 N–H and O–H groups in total. The van der Waals surface area contributed by atoms with Gasteiger partial charge < -0.3 is 11.1 Å². The van der Waals surface area contributed by atoms with Crippen LogP contribution in [0.5, 0.6) is 0 Å². The lowest BCUT2D eigenvalue weighted by atomic mass is 9.86. The minimum absolute atomic E-state index is 0.0283. The zero-order chi connectivity index (χ0) is 13.0. The Bertz CT molecular complexity index is 279. The third-order valence-electron chi connectivity index (χ3n) is 2.98. The summed E-state index contributed by atoms with van der Waals surface area (Å²) >= 11 is 6.67. The van der Waals surface area contributed by atoms with E-state index < -0.39 is 5.41 Å². The van der Waals surface area contributed by atoms with Crippen molar-refractivity contribution in [3.8, 4) is 0 Å². The third-order valence-corrected chi connectivity index (χ3v) is 4.68. The van der Waals surface area contributed by atoms with E-state index in [9.17, 15) is 4.79 Å². The molecule has 0 aliphatic carbocycles. The summed E-state index contributed by atoms with van der Waals surface area (Å²) in [6, 6.07) is 0. The molecule has 3 nitrogen and oxygen atoms in total. The molecule has 0 aliphatic heterocycles. The Labute approximate surface area is 108 Å². The average Bonchev–Trinajstić information content (AvgIpc) is 2.24. The first-order valence-electron chi connectivity index (χ1n) is 5.33. The van der Waals surface area contributed by atoms with Crippen LogP contribution in [0, 0.1) is 5.41 Å². The molecule has 0 saturated carbocycles. The highest BCUT2D eigenvalue weighted by atomic mass is 32.2. The Morgan fingerprint density at radius 3 is 2.25 bits per heavy atom. The molecule has 1 unspecified atom stereocenters. The largest absolute Gasteiger partial charge is 0.392 e. The maximum atomic E-state index is 12.0. The van der Waals surface area contributed by atoms with E-state index in [1.807, 2.05) is 13.2 Å². The van der Waals surface area contributed by atoms with Gasteiger partial charge in [-0.15, -0.1) is 0 Å². The van der Waals surface area contributed by atoms with Gasteiger partial charge in [-0.1, -0.05) is 19.1 Å². The molecule has 16 heavy (non-hydrogen) atoms. The number of nitrogens with one attached hydrogen (secondary N) is 1. The lowest BCUT2D eigenvalue weighted by molar-refractivity contribution is -0.127. The summed E-state index contributed by atoms with van der Waals surface area (Å²) in [5.41, 5.74) is 4.89. The van der Waals surface area contributed by atoms with Gasteiger partial charge in [0, 0.05) is 11.3 Å². The van der Waals surface area contributed by atoms with Crippen LogP contribution in [0.25, 0.3) is 0 Å². The molecule has 0 bridgehead atoms. The van der Waals surface area contributed by atoms with E-state index in [2.05, 4.69) is 19.2 Å². The number of thioether (sulfide) groups is 1. The Kier molecular flexibility index (Phi) is 5.76. The molecule has 1 amide bonds. The molecule has 0 spiro atoms. The van der Waals surface area contributed by atoms with Crippen molar-refractivity contribution < 1.29 is 4.79 Å². The second-order valence-electron chi connectivity index (χ2n) is 4.70. The van der Waals surface area contributed by atoms with Crippen LogP contribution in [0.3, 0.4) is 0 Å². The van der Waals surface area contributed by atoms with Crippen LogP contribution in [-0.2, 0) is 4.79 Å². The molecule has 1 atom stereocenters. The Morgan fingerprint density at radius 1 is 1.44 bits per heavy atom. The van der Waals surface area contributed by atoms with Gasteiger partial charge in [0.2, 0.25) is 5.91 Å². The van der Waals surface area contributed by atoms with Crippen molar-refractivity contribution in [2.45, 2.75) is 38.9 Å². The average molecular weight is 262 g/mol. The highest BCUT2D eigenvalue weighted by Crippen LogP contribution is 2.24. The molecule has 5 heteroatoms. The van der Waals surface area contributed by atoms with Crippen molar-refractivity contribution in [3.05, 3.63) is 0 Å². The molecule has 0 aliphatic rings. The molecule has 0 heterocycles. The maximum absolute atomic E-state index is 12.0. The smallest absolute Gasteiger partial charge is 0.232 e. The minimum Gasteiger partial charge on any atom is -0.392 e. The summed E-state index contributed by atoms with van der Waals surface area (Å²) in [6.07, 6.45) is 2.65. The SMILES string of the molecule is CCC(C)(C(=O)NCC(C)(C)SC)C(N)=S. The van der Waals surface area contributed by atoms with Crippen molar-refractivity contribution in [2.24, 2.45) is 11.1 Å². The first-order chi connectivity index (χ1) is 7.19. The highest BCUT2D eigenvalue weighted by molar-refractivity contribution is 7.99. The number of hydrogen-bond acceptors (Lipinski definition) is 3. The predicted molar refractivity (Wildman–Crippen MR) is 75.8 cm³/mol. The van der Waals surface area contributed by atoms with E-state index >= 15 is 0 Å². The van der Waals surface area contributed by atoms with Gasteiger partial charge in [0.05, 0.1) is 10.4 Å². The fourth-order valence-corrected chi connectivity index (χ4v) is 1.46. The molecular formula is C11H22N2OS2. The zero-order valence-corrected chi connectivity index (χ0v) is 12.3. The van der Waals surface area contributed by atoms with Crippen molar-refractivity contribution in [1.29, 1.82) is 0 Å². The maximum Gasteiger partial charge on any atom is 0.232 e. The topological polar surface area (TPSA) is 55.1 Å². The molecule has 0 aromatic carbocycles. The van der Waals surface area contributed by atoms with E-state index in [-0.39, 0.29) is 15.6 Å². The standard InChI is InChI=1S/C11H22N2OS2/c1-6-11(4,8(12)15)9(14)13-7-10(2,3)16-5/h6-7H2,1-5H3,(H2,12,15)(H,13,14). The summed E-state index contributed by atoms with van der Waals surface area (Å²) in [7, 11) is 0. The number of thiocarbonyl (C=S) groups is 1. The van der Waals surface area contributed by atoms with Crippen molar-refractivity contribution in [2.75, 3.05) is 12.8 Å². The first-order valence-corrected chi connectivity index (χ1v) is 6.96. The monoisotopic (exact) mass is 262 g/mol.